The maximum absolute atomic E-state index is 12.3. The van der Waals surface area contributed by atoms with Gasteiger partial charge in [0, 0.05) is 24.6 Å². The number of hydrogen-bond donors (Lipinski definition) is 1. The minimum Gasteiger partial charge on any atom is -0.493 e. The van der Waals surface area contributed by atoms with Crippen molar-refractivity contribution in [2.75, 3.05) is 14.2 Å². The quantitative estimate of drug-likeness (QED) is 0.571. The summed E-state index contributed by atoms with van der Waals surface area (Å²) in [6.07, 6.45) is 0.821. The molecule has 0 fully saturated rings. The van der Waals surface area contributed by atoms with Crippen LogP contribution in [0.2, 0.25) is 0 Å². The van der Waals surface area contributed by atoms with E-state index in [0.29, 0.717) is 36.6 Å². The number of aromatic nitrogens is 2. The molecule has 0 aliphatic rings. The smallest absolute Gasteiger partial charge is 0.266 e. The van der Waals surface area contributed by atoms with E-state index in [4.69, 9.17) is 9.47 Å². The van der Waals surface area contributed by atoms with Crippen molar-refractivity contribution in [3.8, 4) is 22.8 Å². The van der Waals surface area contributed by atoms with Crippen LogP contribution in [0.5, 0.6) is 11.5 Å². The molecule has 7 nitrogen and oxygen atoms in total. The van der Waals surface area contributed by atoms with E-state index in [0.717, 1.165) is 11.1 Å². The standard InChI is InChI=1S/C24H27N3O4/c1-17(18-8-5-4-6-9-18)25-23(28)10-7-15-27-24(29)14-12-20(26-27)19-11-13-21(30-2)22(16-19)31-3/h4-6,8-9,11-14,16-17H,7,10,15H2,1-3H3,(H,25,28). The summed E-state index contributed by atoms with van der Waals surface area (Å²) in [7, 11) is 3.15. The van der Waals surface area contributed by atoms with E-state index in [1.165, 1.54) is 10.7 Å². The van der Waals surface area contributed by atoms with Gasteiger partial charge in [-0.05, 0) is 43.2 Å². The summed E-state index contributed by atoms with van der Waals surface area (Å²) in [4.78, 5) is 24.5. The first-order chi connectivity index (χ1) is 15.0. The van der Waals surface area contributed by atoms with Crippen LogP contribution in [0, 0.1) is 0 Å². The van der Waals surface area contributed by atoms with Gasteiger partial charge in [0.15, 0.2) is 11.5 Å². The maximum Gasteiger partial charge on any atom is 0.266 e. The second-order valence-corrected chi connectivity index (χ2v) is 7.15. The molecule has 162 valence electrons. The molecule has 2 aromatic carbocycles. The average Bonchev–Trinajstić information content (AvgIpc) is 2.80. The van der Waals surface area contributed by atoms with Gasteiger partial charge in [-0.15, -0.1) is 0 Å². The van der Waals surface area contributed by atoms with Gasteiger partial charge in [0.25, 0.3) is 5.56 Å². The van der Waals surface area contributed by atoms with Crippen molar-refractivity contribution >= 4 is 5.91 Å². The van der Waals surface area contributed by atoms with Gasteiger partial charge in [-0.3, -0.25) is 9.59 Å². The Hall–Kier alpha value is -3.61. The van der Waals surface area contributed by atoms with Gasteiger partial charge in [0.1, 0.15) is 0 Å². The number of benzene rings is 2. The SMILES string of the molecule is COc1ccc(-c2ccc(=O)n(CCCC(=O)NC(C)c3ccccc3)n2)cc1OC. The number of aryl methyl sites for hydroxylation is 1. The van der Waals surface area contributed by atoms with E-state index in [1.807, 2.05) is 49.4 Å². The molecule has 0 aliphatic carbocycles. The largest absolute Gasteiger partial charge is 0.493 e. The van der Waals surface area contributed by atoms with E-state index < -0.39 is 0 Å². The van der Waals surface area contributed by atoms with E-state index in [-0.39, 0.29) is 17.5 Å². The van der Waals surface area contributed by atoms with Crippen molar-refractivity contribution in [1.29, 1.82) is 0 Å². The third kappa shape index (κ3) is 5.72. The second-order valence-electron chi connectivity index (χ2n) is 7.15. The molecule has 1 atom stereocenters. The third-order valence-corrected chi connectivity index (χ3v) is 5.00. The van der Waals surface area contributed by atoms with Crippen molar-refractivity contribution < 1.29 is 14.3 Å². The molecule has 0 saturated heterocycles. The van der Waals surface area contributed by atoms with Crippen LogP contribution in [0.1, 0.15) is 31.4 Å². The Bertz CT molecular complexity index is 1080. The number of rotatable bonds is 9. The van der Waals surface area contributed by atoms with Crippen LogP contribution in [0.3, 0.4) is 0 Å². The van der Waals surface area contributed by atoms with Gasteiger partial charge in [-0.1, -0.05) is 30.3 Å². The highest BCUT2D eigenvalue weighted by molar-refractivity contribution is 5.76. The van der Waals surface area contributed by atoms with E-state index in [9.17, 15) is 9.59 Å². The van der Waals surface area contributed by atoms with E-state index in [1.54, 1.807) is 26.4 Å². The first kappa shape index (κ1) is 22.1. The Morgan fingerprint density at radius 1 is 1.03 bits per heavy atom. The summed E-state index contributed by atoms with van der Waals surface area (Å²) in [5, 5.41) is 7.44. The fraction of sp³-hybridized carbons (Fsp3) is 0.292. The van der Waals surface area contributed by atoms with Gasteiger partial charge in [0.2, 0.25) is 5.91 Å². The summed E-state index contributed by atoms with van der Waals surface area (Å²) in [5.74, 6) is 1.15. The van der Waals surface area contributed by atoms with Gasteiger partial charge in [-0.2, -0.15) is 5.10 Å². The molecular weight excluding hydrogens is 394 g/mol. The normalized spacial score (nSPS) is 11.6. The summed E-state index contributed by atoms with van der Waals surface area (Å²) in [6.45, 7) is 2.30. The van der Waals surface area contributed by atoms with Crippen molar-refractivity contribution in [2.45, 2.75) is 32.4 Å². The highest BCUT2D eigenvalue weighted by atomic mass is 16.5. The number of hydrogen-bond acceptors (Lipinski definition) is 5. The molecule has 1 N–H and O–H groups in total. The zero-order valence-corrected chi connectivity index (χ0v) is 18.0. The molecule has 1 unspecified atom stereocenters. The Morgan fingerprint density at radius 2 is 1.77 bits per heavy atom. The number of carbonyl (C=O) groups excluding carboxylic acids is 1. The third-order valence-electron chi connectivity index (χ3n) is 5.00. The predicted octanol–water partition coefficient (Wildman–Crippen LogP) is 3.59. The highest BCUT2D eigenvalue weighted by Gasteiger charge is 2.11. The van der Waals surface area contributed by atoms with Crippen LogP contribution >= 0.6 is 0 Å². The van der Waals surface area contributed by atoms with Crippen molar-refractivity contribution in [1.82, 2.24) is 15.1 Å². The number of nitrogens with zero attached hydrogens (tertiary/aromatic N) is 2. The van der Waals surface area contributed by atoms with Crippen molar-refractivity contribution in [3.05, 3.63) is 76.6 Å². The topological polar surface area (TPSA) is 82.5 Å². The fourth-order valence-electron chi connectivity index (χ4n) is 3.29. The minimum absolute atomic E-state index is 0.0551. The summed E-state index contributed by atoms with van der Waals surface area (Å²) < 4.78 is 12.0. The highest BCUT2D eigenvalue weighted by Crippen LogP contribution is 2.31. The Kier molecular flexibility index (Phi) is 7.43. The van der Waals surface area contributed by atoms with Crippen molar-refractivity contribution in [2.24, 2.45) is 0 Å². The monoisotopic (exact) mass is 421 g/mol. The Labute approximate surface area is 181 Å². The van der Waals surface area contributed by atoms with E-state index in [2.05, 4.69) is 10.4 Å². The number of methoxy groups -OCH3 is 2. The average molecular weight is 421 g/mol. The number of carbonyl (C=O) groups is 1. The van der Waals surface area contributed by atoms with Crippen LogP contribution in [0.15, 0.2) is 65.5 Å². The zero-order chi connectivity index (χ0) is 22.2. The number of nitrogens with one attached hydrogen (secondary N) is 1. The zero-order valence-electron chi connectivity index (χ0n) is 18.0. The molecular formula is C24H27N3O4. The van der Waals surface area contributed by atoms with Crippen LogP contribution in [-0.2, 0) is 11.3 Å². The summed E-state index contributed by atoms with van der Waals surface area (Å²) >= 11 is 0. The first-order valence-electron chi connectivity index (χ1n) is 10.2. The summed E-state index contributed by atoms with van der Waals surface area (Å²) in [5.41, 5.74) is 2.29. The second kappa shape index (κ2) is 10.4. The lowest BCUT2D eigenvalue weighted by molar-refractivity contribution is -0.121. The predicted molar refractivity (Wildman–Crippen MR) is 119 cm³/mol. The molecule has 31 heavy (non-hydrogen) atoms. The van der Waals surface area contributed by atoms with Gasteiger partial charge < -0.3 is 14.8 Å². The molecule has 7 heteroatoms. The minimum atomic E-state index is -0.206. The molecule has 1 amide bonds. The molecule has 1 heterocycles. The molecule has 0 saturated carbocycles. The van der Waals surface area contributed by atoms with Gasteiger partial charge in [-0.25, -0.2) is 4.68 Å². The molecule has 0 spiro atoms. The molecule has 3 rings (SSSR count). The van der Waals surface area contributed by atoms with Crippen LogP contribution < -0.4 is 20.3 Å². The van der Waals surface area contributed by atoms with Crippen LogP contribution in [0.25, 0.3) is 11.3 Å². The van der Waals surface area contributed by atoms with Gasteiger partial charge >= 0.3 is 0 Å². The van der Waals surface area contributed by atoms with Crippen LogP contribution in [0.4, 0.5) is 0 Å². The maximum atomic E-state index is 12.3. The van der Waals surface area contributed by atoms with E-state index >= 15 is 0 Å². The lowest BCUT2D eigenvalue weighted by atomic mass is 10.1. The number of amides is 1. The lowest BCUT2D eigenvalue weighted by Crippen LogP contribution is -2.27. The Morgan fingerprint density at radius 3 is 2.48 bits per heavy atom. The van der Waals surface area contributed by atoms with Crippen LogP contribution in [-0.4, -0.2) is 29.9 Å². The fourth-order valence-corrected chi connectivity index (χ4v) is 3.29. The Balaban J connectivity index is 1.62. The molecule has 0 radical (unpaired) electrons. The lowest BCUT2D eigenvalue weighted by Gasteiger charge is -2.14. The molecule has 0 bridgehead atoms. The van der Waals surface area contributed by atoms with Gasteiger partial charge in [0.05, 0.1) is 26.0 Å². The molecule has 0 aliphatic heterocycles. The number of ether oxygens (including phenoxy) is 2. The van der Waals surface area contributed by atoms with Crippen molar-refractivity contribution in [3.63, 3.8) is 0 Å². The molecule has 3 aromatic rings. The summed E-state index contributed by atoms with van der Waals surface area (Å²) in [6, 6.07) is 18.4. The molecule has 1 aromatic heterocycles. The first-order valence-corrected chi connectivity index (χ1v) is 10.2.